The van der Waals surface area contributed by atoms with Crippen LogP contribution in [0.15, 0.2) is 0 Å². The Morgan fingerprint density at radius 2 is 2.23 bits per heavy atom. The van der Waals surface area contributed by atoms with E-state index in [0.29, 0.717) is 12.0 Å². The molecule has 0 radical (unpaired) electrons. The summed E-state index contributed by atoms with van der Waals surface area (Å²) in [5.41, 5.74) is 0. The SMILES string of the molecule is CC(C)C(=O)N1CC2COC(C2)C1. The first-order chi connectivity index (χ1) is 6.16. The molecule has 2 rings (SSSR count). The van der Waals surface area contributed by atoms with Crippen LogP contribution < -0.4 is 0 Å². The maximum atomic E-state index is 11.7. The van der Waals surface area contributed by atoms with E-state index in [1.165, 1.54) is 0 Å². The lowest BCUT2D eigenvalue weighted by molar-refractivity contribution is -0.136. The van der Waals surface area contributed by atoms with Gasteiger partial charge >= 0.3 is 0 Å². The molecule has 2 atom stereocenters. The fourth-order valence-corrected chi connectivity index (χ4v) is 2.21. The number of carbonyl (C=O) groups excluding carboxylic acids is 1. The molecule has 0 aromatic carbocycles. The summed E-state index contributed by atoms with van der Waals surface area (Å²) in [6, 6.07) is 0. The van der Waals surface area contributed by atoms with E-state index < -0.39 is 0 Å². The Kier molecular flexibility index (Phi) is 2.28. The van der Waals surface area contributed by atoms with Crippen LogP contribution in [0, 0.1) is 11.8 Å². The van der Waals surface area contributed by atoms with Gasteiger partial charge in [0, 0.05) is 24.9 Å². The van der Waals surface area contributed by atoms with Crippen molar-refractivity contribution in [2.45, 2.75) is 26.4 Å². The van der Waals surface area contributed by atoms with Gasteiger partial charge in [-0.15, -0.1) is 0 Å². The number of nitrogens with zero attached hydrogens (tertiary/aromatic N) is 1. The summed E-state index contributed by atoms with van der Waals surface area (Å²) >= 11 is 0. The highest BCUT2D eigenvalue weighted by molar-refractivity contribution is 5.78. The summed E-state index contributed by atoms with van der Waals surface area (Å²) in [4.78, 5) is 13.7. The number of fused-ring (bicyclic) bond motifs is 2. The lowest BCUT2D eigenvalue weighted by atomic mass is 9.99. The van der Waals surface area contributed by atoms with Crippen molar-refractivity contribution in [3.8, 4) is 0 Å². The van der Waals surface area contributed by atoms with Crippen LogP contribution in [-0.4, -0.2) is 36.6 Å². The van der Waals surface area contributed by atoms with Crippen molar-refractivity contribution < 1.29 is 9.53 Å². The summed E-state index contributed by atoms with van der Waals surface area (Å²) < 4.78 is 5.54. The van der Waals surface area contributed by atoms with E-state index in [1.807, 2.05) is 18.7 Å². The molecule has 1 amide bonds. The van der Waals surface area contributed by atoms with Gasteiger partial charge in [0.05, 0.1) is 12.7 Å². The van der Waals surface area contributed by atoms with Crippen molar-refractivity contribution in [2.75, 3.05) is 19.7 Å². The molecule has 2 fully saturated rings. The van der Waals surface area contributed by atoms with E-state index in [0.717, 1.165) is 26.1 Å². The largest absolute Gasteiger partial charge is 0.376 e. The van der Waals surface area contributed by atoms with Gasteiger partial charge in [-0.25, -0.2) is 0 Å². The van der Waals surface area contributed by atoms with Gasteiger partial charge in [-0.1, -0.05) is 13.8 Å². The third-order valence-corrected chi connectivity index (χ3v) is 2.87. The zero-order valence-electron chi connectivity index (χ0n) is 8.32. The van der Waals surface area contributed by atoms with Crippen LogP contribution in [0.3, 0.4) is 0 Å². The van der Waals surface area contributed by atoms with Crippen molar-refractivity contribution in [3.05, 3.63) is 0 Å². The minimum atomic E-state index is 0.123. The van der Waals surface area contributed by atoms with E-state index in [-0.39, 0.29) is 11.8 Å². The molecule has 0 aromatic rings. The molecule has 0 saturated carbocycles. The van der Waals surface area contributed by atoms with Crippen molar-refractivity contribution in [3.63, 3.8) is 0 Å². The lowest BCUT2D eigenvalue weighted by Gasteiger charge is -2.31. The van der Waals surface area contributed by atoms with E-state index in [9.17, 15) is 4.79 Å². The Balaban J connectivity index is 1.98. The maximum absolute atomic E-state index is 11.7. The third kappa shape index (κ3) is 1.70. The fourth-order valence-electron chi connectivity index (χ4n) is 2.21. The van der Waals surface area contributed by atoms with Gasteiger partial charge < -0.3 is 9.64 Å². The van der Waals surface area contributed by atoms with Crippen molar-refractivity contribution in [1.82, 2.24) is 4.90 Å². The number of likely N-dealkylation sites (tertiary alicyclic amines) is 1. The molecule has 13 heavy (non-hydrogen) atoms. The van der Waals surface area contributed by atoms with E-state index >= 15 is 0 Å². The van der Waals surface area contributed by atoms with Gasteiger partial charge in [0.25, 0.3) is 0 Å². The van der Waals surface area contributed by atoms with Crippen LogP contribution in [0.4, 0.5) is 0 Å². The lowest BCUT2D eigenvalue weighted by Crippen LogP contribution is -2.44. The molecule has 0 spiro atoms. The number of hydrogen-bond donors (Lipinski definition) is 0. The molecule has 2 aliphatic heterocycles. The molecule has 2 aliphatic rings. The summed E-state index contributed by atoms with van der Waals surface area (Å²) in [5.74, 6) is 0.999. The molecule has 2 heterocycles. The number of hydrogen-bond acceptors (Lipinski definition) is 2. The normalized spacial score (nSPS) is 32.7. The summed E-state index contributed by atoms with van der Waals surface area (Å²) in [6.07, 6.45) is 1.48. The number of ether oxygens (including phenoxy) is 1. The zero-order chi connectivity index (χ0) is 9.42. The molecule has 2 bridgehead atoms. The highest BCUT2D eigenvalue weighted by Gasteiger charge is 2.36. The molecule has 0 aromatic heterocycles. The monoisotopic (exact) mass is 183 g/mol. The first-order valence-electron chi connectivity index (χ1n) is 5.07. The predicted octanol–water partition coefficient (Wildman–Crippen LogP) is 0.890. The van der Waals surface area contributed by atoms with Gasteiger partial charge in [-0.2, -0.15) is 0 Å². The molecule has 2 unspecified atom stereocenters. The van der Waals surface area contributed by atoms with Gasteiger partial charge in [-0.3, -0.25) is 4.79 Å². The molecule has 3 heteroatoms. The average Bonchev–Trinajstić information content (AvgIpc) is 2.44. The average molecular weight is 183 g/mol. The second-order valence-electron chi connectivity index (χ2n) is 4.45. The smallest absolute Gasteiger partial charge is 0.225 e. The van der Waals surface area contributed by atoms with Gasteiger partial charge in [0.1, 0.15) is 0 Å². The quantitative estimate of drug-likeness (QED) is 0.604. The topological polar surface area (TPSA) is 29.5 Å². The Morgan fingerprint density at radius 3 is 2.85 bits per heavy atom. The van der Waals surface area contributed by atoms with Crippen LogP contribution >= 0.6 is 0 Å². The van der Waals surface area contributed by atoms with Crippen LogP contribution in [-0.2, 0) is 9.53 Å². The summed E-state index contributed by atoms with van der Waals surface area (Å²) in [7, 11) is 0. The highest BCUT2D eigenvalue weighted by Crippen LogP contribution is 2.27. The van der Waals surface area contributed by atoms with Crippen LogP contribution in [0.1, 0.15) is 20.3 Å². The minimum Gasteiger partial charge on any atom is -0.376 e. The fraction of sp³-hybridized carbons (Fsp3) is 0.900. The Labute approximate surface area is 79.0 Å². The minimum absolute atomic E-state index is 0.123. The molecule has 2 saturated heterocycles. The predicted molar refractivity (Wildman–Crippen MR) is 49.3 cm³/mol. The molecule has 3 nitrogen and oxygen atoms in total. The second-order valence-corrected chi connectivity index (χ2v) is 4.45. The first-order valence-corrected chi connectivity index (χ1v) is 5.07. The van der Waals surface area contributed by atoms with Crippen molar-refractivity contribution >= 4 is 5.91 Å². The van der Waals surface area contributed by atoms with E-state index in [2.05, 4.69) is 0 Å². The van der Waals surface area contributed by atoms with Gasteiger partial charge in [0.2, 0.25) is 5.91 Å². The number of piperidine rings is 1. The van der Waals surface area contributed by atoms with E-state index in [4.69, 9.17) is 4.74 Å². The highest BCUT2D eigenvalue weighted by atomic mass is 16.5. The molecular weight excluding hydrogens is 166 g/mol. The number of rotatable bonds is 1. The Hall–Kier alpha value is -0.570. The molecule has 74 valence electrons. The standard InChI is InChI=1S/C10H17NO2/c1-7(2)10(12)11-4-8-3-9(5-11)13-6-8/h7-9H,3-6H2,1-2H3. The van der Waals surface area contributed by atoms with E-state index in [1.54, 1.807) is 0 Å². The Bertz CT molecular complexity index is 203. The molecule has 0 aliphatic carbocycles. The Morgan fingerprint density at radius 1 is 1.46 bits per heavy atom. The van der Waals surface area contributed by atoms with Gasteiger partial charge in [0.15, 0.2) is 0 Å². The summed E-state index contributed by atoms with van der Waals surface area (Å²) in [6.45, 7) is 6.49. The second kappa shape index (κ2) is 3.29. The molecular formula is C10H17NO2. The van der Waals surface area contributed by atoms with Crippen molar-refractivity contribution in [2.24, 2.45) is 11.8 Å². The van der Waals surface area contributed by atoms with Gasteiger partial charge in [-0.05, 0) is 6.42 Å². The summed E-state index contributed by atoms with van der Waals surface area (Å²) in [5, 5.41) is 0. The zero-order valence-corrected chi connectivity index (χ0v) is 8.32. The van der Waals surface area contributed by atoms with Crippen molar-refractivity contribution in [1.29, 1.82) is 0 Å². The maximum Gasteiger partial charge on any atom is 0.225 e. The first kappa shape index (κ1) is 9.00. The van der Waals surface area contributed by atoms with Crippen LogP contribution in [0.2, 0.25) is 0 Å². The van der Waals surface area contributed by atoms with Crippen LogP contribution in [0.25, 0.3) is 0 Å². The third-order valence-electron chi connectivity index (χ3n) is 2.87. The van der Waals surface area contributed by atoms with Crippen LogP contribution in [0.5, 0.6) is 0 Å². The number of amides is 1. The number of carbonyl (C=O) groups is 1. The molecule has 0 N–H and O–H groups in total.